The van der Waals surface area contributed by atoms with Crippen molar-refractivity contribution < 1.29 is 14.7 Å². The summed E-state index contributed by atoms with van der Waals surface area (Å²) in [6, 6.07) is 18.2. The first-order valence-electron chi connectivity index (χ1n) is 9.02. The van der Waals surface area contributed by atoms with Crippen molar-refractivity contribution in [1.82, 2.24) is 4.98 Å². The fourth-order valence-electron chi connectivity index (χ4n) is 3.41. The van der Waals surface area contributed by atoms with Gasteiger partial charge in [-0.3, -0.25) is 19.5 Å². The molecular weight excluding hydrogens is 388 g/mol. The summed E-state index contributed by atoms with van der Waals surface area (Å²) in [4.78, 5) is 31.7. The molecule has 1 saturated heterocycles. The third-order valence-electron chi connectivity index (χ3n) is 4.82. The minimum atomic E-state index is -0.849. The molecule has 0 saturated carbocycles. The molecule has 2 aromatic carbocycles. The Kier molecular flexibility index (Phi) is 4.91. The van der Waals surface area contributed by atoms with E-state index in [-0.39, 0.29) is 11.3 Å². The summed E-state index contributed by atoms with van der Waals surface area (Å²) in [5.41, 5.74) is 2.41. The van der Waals surface area contributed by atoms with Gasteiger partial charge >= 0.3 is 0 Å². The summed E-state index contributed by atoms with van der Waals surface area (Å²) < 4.78 is 0. The van der Waals surface area contributed by atoms with Crippen LogP contribution in [-0.2, 0) is 9.59 Å². The molecule has 5 nitrogen and oxygen atoms in total. The Morgan fingerprint density at radius 1 is 1.03 bits per heavy atom. The fourth-order valence-corrected chi connectivity index (χ4v) is 3.60. The molecule has 2 heterocycles. The normalized spacial score (nSPS) is 18.3. The van der Waals surface area contributed by atoms with Crippen LogP contribution >= 0.6 is 11.6 Å². The third-order valence-corrected chi connectivity index (χ3v) is 5.06. The summed E-state index contributed by atoms with van der Waals surface area (Å²) in [5.74, 6) is -1.76. The highest BCUT2D eigenvalue weighted by Gasteiger charge is 2.47. The molecule has 0 spiro atoms. The summed E-state index contributed by atoms with van der Waals surface area (Å²) in [6.45, 7) is 1.94. The van der Waals surface area contributed by atoms with Gasteiger partial charge in [-0.15, -0.1) is 0 Å². The number of amides is 1. The number of aromatic nitrogens is 1. The predicted molar refractivity (Wildman–Crippen MR) is 112 cm³/mol. The highest BCUT2D eigenvalue weighted by atomic mass is 35.5. The van der Waals surface area contributed by atoms with Gasteiger partial charge < -0.3 is 5.11 Å². The Morgan fingerprint density at radius 3 is 2.45 bits per heavy atom. The summed E-state index contributed by atoms with van der Waals surface area (Å²) >= 11 is 6.05. The standard InChI is InChI=1S/C23H17ClN2O3/c1-14-8-10-17(11-9-14)26-20(18-7-2-3-12-25-18)19(22(28)23(26)29)21(27)15-5-4-6-16(24)13-15/h2-13,20,27H,1H3/b21-19-. The molecule has 1 unspecified atom stereocenters. The molecule has 3 aromatic rings. The average molecular weight is 405 g/mol. The monoisotopic (exact) mass is 404 g/mol. The van der Waals surface area contributed by atoms with E-state index in [1.807, 2.05) is 19.1 Å². The van der Waals surface area contributed by atoms with E-state index >= 15 is 0 Å². The molecule has 0 bridgehead atoms. The molecule has 1 fully saturated rings. The zero-order chi connectivity index (χ0) is 20.5. The molecule has 1 amide bonds. The second kappa shape index (κ2) is 7.53. The maximum absolute atomic E-state index is 13.0. The van der Waals surface area contributed by atoms with E-state index in [1.54, 1.807) is 60.8 Å². The lowest BCUT2D eigenvalue weighted by atomic mass is 9.98. The van der Waals surface area contributed by atoms with E-state index in [2.05, 4.69) is 4.98 Å². The van der Waals surface area contributed by atoms with Crippen LogP contribution < -0.4 is 4.90 Å². The highest BCUT2D eigenvalue weighted by Crippen LogP contribution is 2.41. The van der Waals surface area contributed by atoms with Crippen molar-refractivity contribution >= 4 is 34.7 Å². The number of aliphatic hydroxyl groups is 1. The smallest absolute Gasteiger partial charge is 0.300 e. The number of pyridine rings is 1. The van der Waals surface area contributed by atoms with Crippen molar-refractivity contribution in [3.8, 4) is 0 Å². The van der Waals surface area contributed by atoms with Gasteiger partial charge in [0.25, 0.3) is 11.7 Å². The molecule has 1 aliphatic rings. The Labute approximate surface area is 172 Å². The number of hydrogen-bond donors (Lipinski definition) is 1. The van der Waals surface area contributed by atoms with Crippen LogP contribution in [-0.4, -0.2) is 21.8 Å². The zero-order valence-corrected chi connectivity index (χ0v) is 16.3. The lowest BCUT2D eigenvalue weighted by molar-refractivity contribution is -0.132. The number of hydrogen-bond acceptors (Lipinski definition) is 4. The topological polar surface area (TPSA) is 70.5 Å². The van der Waals surface area contributed by atoms with Gasteiger partial charge in [0.15, 0.2) is 0 Å². The number of aryl methyl sites for hydroxylation is 1. The Hall–Kier alpha value is -3.44. The van der Waals surface area contributed by atoms with Gasteiger partial charge in [0, 0.05) is 22.5 Å². The molecule has 1 N–H and O–H groups in total. The van der Waals surface area contributed by atoms with Crippen LogP contribution in [0, 0.1) is 6.92 Å². The molecular formula is C23H17ClN2O3. The highest BCUT2D eigenvalue weighted by molar-refractivity contribution is 6.51. The van der Waals surface area contributed by atoms with Crippen LogP contribution in [0.3, 0.4) is 0 Å². The van der Waals surface area contributed by atoms with E-state index in [4.69, 9.17) is 11.6 Å². The molecule has 4 rings (SSSR count). The summed E-state index contributed by atoms with van der Waals surface area (Å²) in [5, 5.41) is 11.4. The van der Waals surface area contributed by atoms with Crippen LogP contribution in [0.4, 0.5) is 5.69 Å². The van der Waals surface area contributed by atoms with Gasteiger partial charge in [-0.1, -0.05) is 47.5 Å². The number of Topliss-reactive ketones (excluding diaryl/α,β-unsaturated/α-hetero) is 1. The number of ketones is 1. The van der Waals surface area contributed by atoms with Crippen molar-refractivity contribution in [3.05, 3.63) is 100 Å². The fraction of sp³-hybridized carbons (Fsp3) is 0.0870. The van der Waals surface area contributed by atoms with Crippen LogP contribution in [0.25, 0.3) is 5.76 Å². The van der Waals surface area contributed by atoms with Crippen molar-refractivity contribution in [1.29, 1.82) is 0 Å². The lowest BCUT2D eigenvalue weighted by Gasteiger charge is -2.24. The molecule has 29 heavy (non-hydrogen) atoms. The maximum atomic E-state index is 13.0. The van der Waals surface area contributed by atoms with Gasteiger partial charge in [0.05, 0.1) is 11.3 Å². The van der Waals surface area contributed by atoms with E-state index in [0.29, 0.717) is 22.0 Å². The summed E-state index contributed by atoms with van der Waals surface area (Å²) in [6.07, 6.45) is 1.59. The van der Waals surface area contributed by atoms with E-state index < -0.39 is 17.7 Å². The number of anilines is 1. The Balaban J connectivity index is 1.94. The van der Waals surface area contributed by atoms with Crippen LogP contribution in [0.1, 0.15) is 22.9 Å². The molecule has 1 aromatic heterocycles. The van der Waals surface area contributed by atoms with Gasteiger partial charge in [0.1, 0.15) is 11.8 Å². The van der Waals surface area contributed by atoms with Crippen molar-refractivity contribution in [3.63, 3.8) is 0 Å². The first-order valence-corrected chi connectivity index (χ1v) is 9.39. The van der Waals surface area contributed by atoms with Gasteiger partial charge in [0.2, 0.25) is 0 Å². The van der Waals surface area contributed by atoms with E-state index in [1.165, 1.54) is 4.90 Å². The number of aliphatic hydroxyl groups excluding tert-OH is 1. The molecule has 0 aliphatic carbocycles. The third kappa shape index (κ3) is 3.41. The van der Waals surface area contributed by atoms with Gasteiger partial charge in [-0.25, -0.2) is 0 Å². The molecule has 1 aliphatic heterocycles. The molecule has 1 atom stereocenters. The SMILES string of the molecule is Cc1ccc(N2C(=O)C(=O)/C(=C(\O)c3cccc(Cl)c3)C2c2ccccn2)cc1. The number of benzene rings is 2. The molecule has 6 heteroatoms. The van der Waals surface area contributed by atoms with Gasteiger partial charge in [-0.2, -0.15) is 0 Å². The second-order valence-corrected chi connectivity index (χ2v) is 7.21. The first-order chi connectivity index (χ1) is 14.0. The Morgan fingerprint density at radius 2 is 1.79 bits per heavy atom. The van der Waals surface area contributed by atoms with Crippen LogP contribution in [0.2, 0.25) is 5.02 Å². The van der Waals surface area contributed by atoms with Crippen molar-refractivity contribution in [2.45, 2.75) is 13.0 Å². The number of halogens is 1. The number of nitrogens with zero attached hydrogens (tertiary/aromatic N) is 2. The van der Waals surface area contributed by atoms with Crippen LogP contribution in [0.15, 0.2) is 78.5 Å². The summed E-state index contributed by atoms with van der Waals surface area (Å²) in [7, 11) is 0. The lowest BCUT2D eigenvalue weighted by Crippen LogP contribution is -2.29. The van der Waals surface area contributed by atoms with Gasteiger partial charge in [-0.05, 0) is 43.3 Å². The zero-order valence-electron chi connectivity index (χ0n) is 15.5. The van der Waals surface area contributed by atoms with E-state index in [0.717, 1.165) is 5.56 Å². The van der Waals surface area contributed by atoms with Crippen molar-refractivity contribution in [2.24, 2.45) is 0 Å². The van der Waals surface area contributed by atoms with Crippen LogP contribution in [0.5, 0.6) is 0 Å². The van der Waals surface area contributed by atoms with E-state index in [9.17, 15) is 14.7 Å². The number of carbonyl (C=O) groups excluding carboxylic acids is 2. The Bertz CT molecular complexity index is 1120. The quantitative estimate of drug-likeness (QED) is 0.391. The minimum Gasteiger partial charge on any atom is -0.507 e. The number of carbonyl (C=O) groups is 2. The maximum Gasteiger partial charge on any atom is 0.300 e. The average Bonchev–Trinajstić information content (AvgIpc) is 3.00. The first kappa shape index (κ1) is 18.9. The molecule has 144 valence electrons. The minimum absolute atomic E-state index is 0.0171. The largest absolute Gasteiger partial charge is 0.507 e. The molecule has 0 radical (unpaired) electrons. The predicted octanol–water partition coefficient (Wildman–Crippen LogP) is 4.67. The van der Waals surface area contributed by atoms with Crippen molar-refractivity contribution in [2.75, 3.05) is 4.90 Å². The second-order valence-electron chi connectivity index (χ2n) is 6.77. The number of rotatable bonds is 3.